The van der Waals surface area contributed by atoms with Gasteiger partial charge in [-0.2, -0.15) is 0 Å². The first-order valence-electron chi connectivity index (χ1n) is 27.1. The highest BCUT2D eigenvalue weighted by molar-refractivity contribution is 6.21. The Balaban J connectivity index is 1.01. The van der Waals surface area contributed by atoms with Crippen LogP contribution < -0.4 is 4.90 Å². The Morgan fingerprint density at radius 3 is 1.21 bits per heavy atom. The number of rotatable bonds is 3. The largest absolute Gasteiger partial charge is 0.454 e. The van der Waals surface area contributed by atoms with E-state index in [9.17, 15) is 0 Å². The van der Waals surface area contributed by atoms with Crippen LogP contribution in [0.15, 0.2) is 229 Å². The Morgan fingerprint density at radius 1 is 0.329 bits per heavy atom. The lowest BCUT2D eigenvalue weighted by Crippen LogP contribution is -2.27. The predicted molar refractivity (Wildman–Crippen MR) is 316 cm³/mol. The summed E-state index contributed by atoms with van der Waals surface area (Å²) in [6.45, 7) is 14.1. The van der Waals surface area contributed by atoms with Crippen LogP contribution in [0.4, 0.5) is 17.1 Å². The first kappa shape index (κ1) is 43.7. The van der Waals surface area contributed by atoms with Gasteiger partial charge >= 0.3 is 0 Å². The molecule has 1 heterocycles. The van der Waals surface area contributed by atoms with Crippen LogP contribution in [0, 0.1) is 0 Å². The van der Waals surface area contributed by atoms with E-state index in [0.717, 1.165) is 39.0 Å². The van der Waals surface area contributed by atoms with Crippen LogP contribution in [0.5, 0.6) is 0 Å². The van der Waals surface area contributed by atoms with Gasteiger partial charge in [-0.3, -0.25) is 0 Å². The lowest BCUT2D eigenvalue weighted by molar-refractivity contribution is 0.586. The Kier molecular flexibility index (Phi) is 8.61. The number of anilines is 3. The zero-order chi connectivity index (χ0) is 51.0. The fourth-order valence-corrected chi connectivity index (χ4v) is 14.6. The quantitative estimate of drug-likeness (QED) is 0.175. The van der Waals surface area contributed by atoms with Gasteiger partial charge in [-0.05, 0) is 158 Å². The summed E-state index contributed by atoms with van der Waals surface area (Å²) in [5, 5.41) is 4.64. The third-order valence-electron chi connectivity index (χ3n) is 18.0. The second kappa shape index (κ2) is 15.0. The first-order valence-corrected chi connectivity index (χ1v) is 27.1. The molecule has 0 saturated carbocycles. The van der Waals surface area contributed by atoms with E-state index < -0.39 is 10.8 Å². The molecule has 0 unspecified atom stereocenters. The summed E-state index contributed by atoms with van der Waals surface area (Å²) in [7, 11) is 0. The van der Waals surface area contributed by atoms with Crippen LogP contribution >= 0.6 is 0 Å². The summed E-state index contributed by atoms with van der Waals surface area (Å²) in [5.41, 5.74) is 27.4. The van der Waals surface area contributed by atoms with Gasteiger partial charge in [0.25, 0.3) is 0 Å². The van der Waals surface area contributed by atoms with E-state index in [0.29, 0.717) is 0 Å². The molecule has 0 atom stereocenters. The highest BCUT2D eigenvalue weighted by Crippen LogP contribution is 2.66. The third-order valence-corrected chi connectivity index (χ3v) is 18.0. The third kappa shape index (κ3) is 5.51. The molecule has 2 nitrogen and oxygen atoms in total. The van der Waals surface area contributed by atoms with Crippen molar-refractivity contribution in [1.82, 2.24) is 0 Å². The van der Waals surface area contributed by atoms with Crippen molar-refractivity contribution in [2.75, 3.05) is 4.90 Å². The average Bonchev–Trinajstić information content (AvgIpc) is 4.15. The van der Waals surface area contributed by atoms with Gasteiger partial charge in [0.1, 0.15) is 5.58 Å². The molecule has 0 radical (unpaired) electrons. The summed E-state index contributed by atoms with van der Waals surface area (Å²) >= 11 is 0. The van der Waals surface area contributed by atoms with Crippen LogP contribution in [0.1, 0.15) is 97.2 Å². The second-order valence-corrected chi connectivity index (χ2v) is 23.9. The van der Waals surface area contributed by atoms with Crippen molar-refractivity contribution < 1.29 is 4.42 Å². The topological polar surface area (TPSA) is 16.4 Å². The first-order chi connectivity index (χ1) is 37.0. The molecule has 0 bridgehead atoms. The number of benzene rings is 11. The molecule has 0 aliphatic heterocycles. The maximum atomic E-state index is 7.22. The molecule has 2 heteroatoms. The van der Waals surface area contributed by atoms with Crippen molar-refractivity contribution in [2.24, 2.45) is 0 Å². The van der Waals surface area contributed by atoms with Crippen LogP contribution in [0.2, 0.25) is 0 Å². The average molecular weight is 974 g/mol. The van der Waals surface area contributed by atoms with Gasteiger partial charge in [0.05, 0.1) is 16.5 Å². The van der Waals surface area contributed by atoms with Crippen molar-refractivity contribution in [3.63, 3.8) is 0 Å². The van der Waals surface area contributed by atoms with E-state index in [4.69, 9.17) is 4.42 Å². The van der Waals surface area contributed by atoms with Crippen molar-refractivity contribution >= 4 is 49.8 Å². The van der Waals surface area contributed by atoms with Crippen LogP contribution in [-0.4, -0.2) is 0 Å². The minimum atomic E-state index is -0.577. The molecule has 0 fully saturated rings. The molecular weight excluding hydrogens is 919 g/mol. The molecule has 362 valence electrons. The zero-order valence-corrected chi connectivity index (χ0v) is 43.7. The molecule has 76 heavy (non-hydrogen) atoms. The van der Waals surface area contributed by atoms with Gasteiger partial charge in [0, 0.05) is 22.1 Å². The van der Waals surface area contributed by atoms with Crippen molar-refractivity contribution in [3.05, 3.63) is 280 Å². The zero-order valence-electron chi connectivity index (χ0n) is 43.7. The van der Waals surface area contributed by atoms with Crippen LogP contribution in [-0.2, 0) is 21.7 Å². The van der Waals surface area contributed by atoms with Gasteiger partial charge in [0.15, 0.2) is 5.58 Å². The molecule has 0 saturated heterocycles. The molecule has 4 aliphatic rings. The standard InChI is InChI=1S/C74H55NO/c1-71(2,3)45-31-35-54-55-36-32-46(72(4,5)6)41-64(55)74(63(54)40-45)62-28-16-12-23-53(62)57-38-34-48(43-66(57)74)75(67-29-17-24-58-69-49-19-8-7-18-44(49)30-39-68(69)76-70(58)67)47-33-37-56-52-22-11-15-27-61(52)73(65(56)42-47)59-25-13-9-20-50(59)51-21-10-14-26-60(51)73/h7-43H,1-6H3. The number of furan rings is 1. The molecule has 0 amide bonds. The Labute approximate surface area is 444 Å². The monoisotopic (exact) mass is 973 g/mol. The minimum Gasteiger partial charge on any atom is -0.454 e. The Morgan fingerprint density at radius 2 is 0.724 bits per heavy atom. The summed E-state index contributed by atoms with van der Waals surface area (Å²) in [6, 6.07) is 85.7. The van der Waals surface area contributed by atoms with Crippen LogP contribution in [0.25, 0.3) is 77.2 Å². The molecule has 0 N–H and O–H groups in total. The number of hydrogen-bond donors (Lipinski definition) is 0. The van der Waals surface area contributed by atoms with E-state index in [1.807, 2.05) is 0 Å². The Hall–Kier alpha value is -8.72. The number of fused-ring (bicyclic) bond motifs is 25. The molecule has 12 aromatic rings. The van der Waals surface area contributed by atoms with E-state index in [1.165, 1.54) is 111 Å². The fourth-order valence-electron chi connectivity index (χ4n) is 14.6. The number of hydrogen-bond acceptors (Lipinski definition) is 2. The predicted octanol–water partition coefficient (Wildman–Crippen LogP) is 19.5. The maximum absolute atomic E-state index is 7.22. The van der Waals surface area contributed by atoms with E-state index in [1.54, 1.807) is 0 Å². The minimum absolute atomic E-state index is 0.0529. The molecule has 4 aliphatic carbocycles. The van der Waals surface area contributed by atoms with E-state index >= 15 is 0 Å². The highest BCUT2D eigenvalue weighted by atomic mass is 16.3. The molecule has 11 aromatic carbocycles. The van der Waals surface area contributed by atoms with Crippen molar-refractivity contribution in [3.8, 4) is 44.5 Å². The van der Waals surface area contributed by atoms with Crippen molar-refractivity contribution in [2.45, 2.75) is 63.2 Å². The lowest BCUT2D eigenvalue weighted by Gasteiger charge is -2.34. The number of nitrogens with zero attached hydrogens (tertiary/aromatic N) is 1. The van der Waals surface area contributed by atoms with E-state index in [-0.39, 0.29) is 10.8 Å². The molecule has 16 rings (SSSR count). The Bertz CT molecular complexity index is 4380. The van der Waals surface area contributed by atoms with Gasteiger partial charge in [0.2, 0.25) is 0 Å². The van der Waals surface area contributed by atoms with Gasteiger partial charge in [-0.25, -0.2) is 0 Å². The summed E-state index contributed by atoms with van der Waals surface area (Å²) < 4.78 is 7.22. The molecule has 1 aromatic heterocycles. The summed E-state index contributed by atoms with van der Waals surface area (Å²) in [6.07, 6.45) is 0. The fraction of sp³-hybridized carbons (Fsp3) is 0.135. The van der Waals surface area contributed by atoms with Gasteiger partial charge in [-0.15, -0.1) is 0 Å². The lowest BCUT2D eigenvalue weighted by atomic mass is 9.68. The van der Waals surface area contributed by atoms with Crippen LogP contribution in [0.3, 0.4) is 0 Å². The highest BCUT2D eigenvalue weighted by Gasteiger charge is 2.54. The second-order valence-electron chi connectivity index (χ2n) is 23.9. The molecular formula is C74H55NO. The summed E-state index contributed by atoms with van der Waals surface area (Å²) in [5.74, 6) is 0. The van der Waals surface area contributed by atoms with E-state index in [2.05, 4.69) is 271 Å². The van der Waals surface area contributed by atoms with Crippen molar-refractivity contribution in [1.29, 1.82) is 0 Å². The van der Waals surface area contributed by atoms with Gasteiger partial charge < -0.3 is 9.32 Å². The molecule has 2 spiro atoms. The normalized spacial score (nSPS) is 14.7. The smallest absolute Gasteiger partial charge is 0.159 e. The van der Waals surface area contributed by atoms with Gasteiger partial charge in [-0.1, -0.05) is 230 Å². The number of para-hydroxylation sites is 1. The SMILES string of the molecule is CC(C)(C)c1ccc2c(c1)C1(c3ccccc3-c3ccc(N(c4ccc5c(c4)C4(c6ccccc6-c6ccccc64)c4ccccc4-5)c4cccc5c4oc4ccc6ccccc6c45)cc31)c1cc(C(C)(C)C)ccc1-2. The maximum Gasteiger partial charge on any atom is 0.159 e. The summed E-state index contributed by atoms with van der Waals surface area (Å²) in [4.78, 5) is 2.52.